The van der Waals surface area contributed by atoms with E-state index in [0.29, 0.717) is 6.61 Å². The molecule has 4 heteroatoms. The molecule has 0 amide bonds. The van der Waals surface area contributed by atoms with E-state index in [1.807, 2.05) is 24.3 Å². The first kappa shape index (κ1) is 13.8. The number of benzene rings is 1. The van der Waals surface area contributed by atoms with Crippen LogP contribution in [0.25, 0.3) is 0 Å². The molecule has 0 spiro atoms. The summed E-state index contributed by atoms with van der Waals surface area (Å²) in [5.41, 5.74) is 0. The fourth-order valence-electron chi connectivity index (χ4n) is 2.03. The van der Waals surface area contributed by atoms with Crippen molar-refractivity contribution in [3.63, 3.8) is 0 Å². The van der Waals surface area contributed by atoms with Crippen molar-refractivity contribution >= 4 is 15.9 Å². The molecule has 0 bridgehead atoms. The van der Waals surface area contributed by atoms with Gasteiger partial charge in [0.2, 0.25) is 0 Å². The maximum atomic E-state index is 5.64. The third kappa shape index (κ3) is 4.96. The summed E-state index contributed by atoms with van der Waals surface area (Å²) < 4.78 is 12.1. The largest absolute Gasteiger partial charge is 0.492 e. The van der Waals surface area contributed by atoms with Crippen LogP contribution >= 0.6 is 15.9 Å². The van der Waals surface area contributed by atoms with Gasteiger partial charge in [-0.3, -0.25) is 0 Å². The van der Waals surface area contributed by atoms with E-state index >= 15 is 0 Å². The average Bonchev–Trinajstić information content (AvgIpc) is 2.42. The van der Waals surface area contributed by atoms with Gasteiger partial charge in [-0.05, 0) is 49.6 Å². The van der Waals surface area contributed by atoms with Crippen LogP contribution in [0.5, 0.6) is 5.75 Å². The summed E-state index contributed by atoms with van der Waals surface area (Å²) in [6.07, 6.45) is 2.36. The molecule has 1 aliphatic rings. The molecule has 3 nitrogen and oxygen atoms in total. The van der Waals surface area contributed by atoms with E-state index in [4.69, 9.17) is 9.47 Å². The van der Waals surface area contributed by atoms with Crippen molar-refractivity contribution in [2.24, 2.45) is 5.92 Å². The van der Waals surface area contributed by atoms with Crippen LogP contribution in [0, 0.1) is 5.92 Å². The van der Waals surface area contributed by atoms with E-state index < -0.39 is 0 Å². The van der Waals surface area contributed by atoms with E-state index in [1.165, 1.54) is 12.8 Å². The van der Waals surface area contributed by atoms with Crippen LogP contribution in [0.4, 0.5) is 0 Å². The van der Waals surface area contributed by atoms with Gasteiger partial charge in [-0.2, -0.15) is 0 Å². The van der Waals surface area contributed by atoms with Crippen molar-refractivity contribution in [2.45, 2.75) is 12.8 Å². The molecule has 0 unspecified atom stereocenters. The van der Waals surface area contributed by atoms with Crippen molar-refractivity contribution < 1.29 is 9.47 Å². The zero-order valence-corrected chi connectivity index (χ0v) is 12.1. The monoisotopic (exact) mass is 313 g/mol. The molecule has 1 heterocycles. The Bertz CT molecular complexity index is 336. The van der Waals surface area contributed by atoms with Gasteiger partial charge in [0.25, 0.3) is 0 Å². The summed E-state index contributed by atoms with van der Waals surface area (Å²) in [6, 6.07) is 7.93. The van der Waals surface area contributed by atoms with Crippen LogP contribution in [0.2, 0.25) is 0 Å². The fraction of sp³-hybridized carbons (Fsp3) is 0.571. The van der Waals surface area contributed by atoms with Crippen molar-refractivity contribution in [3.05, 3.63) is 28.7 Å². The first-order valence-electron chi connectivity index (χ1n) is 6.51. The minimum Gasteiger partial charge on any atom is -0.492 e. The SMILES string of the molecule is Brc1ccc(OCCNCC2CCOCC2)cc1. The summed E-state index contributed by atoms with van der Waals surface area (Å²) in [4.78, 5) is 0. The predicted molar refractivity (Wildman–Crippen MR) is 76.0 cm³/mol. The second-order valence-electron chi connectivity index (χ2n) is 4.56. The molecule has 1 fully saturated rings. The Morgan fingerprint density at radius 3 is 2.67 bits per heavy atom. The third-order valence-electron chi connectivity index (χ3n) is 3.14. The van der Waals surface area contributed by atoms with Crippen LogP contribution in [-0.2, 0) is 4.74 Å². The summed E-state index contributed by atoms with van der Waals surface area (Å²) in [5, 5.41) is 3.45. The molecule has 0 atom stereocenters. The Hall–Kier alpha value is -0.580. The van der Waals surface area contributed by atoms with Crippen LogP contribution in [-0.4, -0.2) is 32.9 Å². The van der Waals surface area contributed by atoms with E-state index in [2.05, 4.69) is 21.2 Å². The highest BCUT2D eigenvalue weighted by Crippen LogP contribution is 2.16. The topological polar surface area (TPSA) is 30.5 Å². The minimum absolute atomic E-state index is 0.713. The summed E-state index contributed by atoms with van der Waals surface area (Å²) >= 11 is 3.40. The molecule has 1 aromatic rings. The maximum Gasteiger partial charge on any atom is 0.119 e. The molecular weight excluding hydrogens is 294 g/mol. The number of rotatable bonds is 6. The number of hydrogen-bond donors (Lipinski definition) is 1. The summed E-state index contributed by atoms with van der Waals surface area (Å²) in [6.45, 7) is 4.52. The van der Waals surface area contributed by atoms with Gasteiger partial charge in [-0.25, -0.2) is 0 Å². The van der Waals surface area contributed by atoms with Gasteiger partial charge in [0.15, 0.2) is 0 Å². The van der Waals surface area contributed by atoms with Gasteiger partial charge in [0, 0.05) is 24.2 Å². The number of halogens is 1. The molecule has 0 saturated carbocycles. The zero-order valence-electron chi connectivity index (χ0n) is 10.5. The van der Waals surface area contributed by atoms with Gasteiger partial charge >= 0.3 is 0 Å². The molecule has 18 heavy (non-hydrogen) atoms. The van der Waals surface area contributed by atoms with E-state index in [9.17, 15) is 0 Å². The smallest absolute Gasteiger partial charge is 0.119 e. The molecular formula is C14H20BrNO2. The van der Waals surface area contributed by atoms with Crippen molar-refractivity contribution in [1.82, 2.24) is 5.32 Å². The zero-order chi connectivity index (χ0) is 12.6. The molecule has 1 aliphatic heterocycles. The van der Waals surface area contributed by atoms with Gasteiger partial charge < -0.3 is 14.8 Å². The Labute approximate surface area is 117 Å². The number of hydrogen-bond acceptors (Lipinski definition) is 3. The van der Waals surface area contributed by atoms with Gasteiger partial charge in [-0.15, -0.1) is 0 Å². The van der Waals surface area contributed by atoms with Crippen LogP contribution < -0.4 is 10.1 Å². The highest BCUT2D eigenvalue weighted by atomic mass is 79.9. The van der Waals surface area contributed by atoms with E-state index in [1.54, 1.807) is 0 Å². The second-order valence-corrected chi connectivity index (χ2v) is 5.48. The first-order valence-corrected chi connectivity index (χ1v) is 7.31. The van der Waals surface area contributed by atoms with Gasteiger partial charge in [0.05, 0.1) is 0 Å². The lowest BCUT2D eigenvalue weighted by molar-refractivity contribution is 0.0661. The Balaban J connectivity index is 1.54. The number of nitrogens with one attached hydrogen (secondary N) is 1. The molecule has 2 rings (SSSR count). The highest BCUT2D eigenvalue weighted by molar-refractivity contribution is 9.10. The van der Waals surface area contributed by atoms with E-state index in [-0.39, 0.29) is 0 Å². The van der Waals surface area contributed by atoms with Crippen molar-refractivity contribution in [2.75, 3.05) is 32.9 Å². The lowest BCUT2D eigenvalue weighted by Gasteiger charge is -2.22. The first-order chi connectivity index (χ1) is 8.84. The fourth-order valence-corrected chi connectivity index (χ4v) is 2.29. The minimum atomic E-state index is 0.713. The summed E-state index contributed by atoms with van der Waals surface area (Å²) in [7, 11) is 0. The quantitative estimate of drug-likeness (QED) is 0.819. The normalized spacial score (nSPS) is 16.7. The Morgan fingerprint density at radius 2 is 1.94 bits per heavy atom. The second kappa shape index (κ2) is 7.77. The van der Waals surface area contributed by atoms with Crippen molar-refractivity contribution in [3.8, 4) is 5.75 Å². The number of ether oxygens (including phenoxy) is 2. The lowest BCUT2D eigenvalue weighted by atomic mass is 10.0. The van der Waals surface area contributed by atoms with Crippen LogP contribution in [0.1, 0.15) is 12.8 Å². The molecule has 1 N–H and O–H groups in total. The lowest BCUT2D eigenvalue weighted by Crippen LogP contribution is -2.30. The molecule has 0 radical (unpaired) electrons. The molecule has 1 saturated heterocycles. The Kier molecular flexibility index (Phi) is 5.97. The standard InChI is InChI=1S/C14H20BrNO2/c15-13-1-3-14(4-2-13)18-10-7-16-11-12-5-8-17-9-6-12/h1-4,12,16H,5-11H2. The predicted octanol–water partition coefficient (Wildman–Crippen LogP) is 2.84. The van der Waals surface area contributed by atoms with Crippen LogP contribution in [0.15, 0.2) is 28.7 Å². The average molecular weight is 314 g/mol. The van der Waals surface area contributed by atoms with Gasteiger partial charge in [0.1, 0.15) is 12.4 Å². The van der Waals surface area contributed by atoms with Gasteiger partial charge in [-0.1, -0.05) is 15.9 Å². The molecule has 100 valence electrons. The third-order valence-corrected chi connectivity index (χ3v) is 3.66. The maximum absolute atomic E-state index is 5.64. The van der Waals surface area contributed by atoms with Crippen molar-refractivity contribution in [1.29, 1.82) is 0 Å². The molecule has 0 aromatic heterocycles. The highest BCUT2D eigenvalue weighted by Gasteiger charge is 2.12. The van der Waals surface area contributed by atoms with E-state index in [0.717, 1.165) is 42.4 Å². The van der Waals surface area contributed by atoms with Crippen LogP contribution in [0.3, 0.4) is 0 Å². The molecule has 1 aromatic carbocycles. The Morgan fingerprint density at radius 1 is 1.22 bits per heavy atom. The molecule has 0 aliphatic carbocycles. The summed E-state index contributed by atoms with van der Waals surface area (Å²) in [5.74, 6) is 1.69.